The summed E-state index contributed by atoms with van der Waals surface area (Å²) in [6.45, 7) is 2.48. The predicted molar refractivity (Wildman–Crippen MR) is 115 cm³/mol. The highest BCUT2D eigenvalue weighted by Gasteiger charge is 2.25. The number of hydrogen-bond acceptors (Lipinski definition) is 4. The summed E-state index contributed by atoms with van der Waals surface area (Å²) in [6, 6.07) is 22.7. The number of esters is 1. The van der Waals surface area contributed by atoms with Gasteiger partial charge in [-0.05, 0) is 42.3 Å². The lowest BCUT2D eigenvalue weighted by atomic mass is 10.0. The SMILES string of the molecule is CCOC(=O)c1c(-c2ccc(OCc3ccccc3)cc2)c(C=O)n2ccccc12. The number of carbonyl (C=O) groups excluding carboxylic acids is 2. The first-order valence-corrected chi connectivity index (χ1v) is 9.75. The average Bonchev–Trinajstić information content (AvgIpc) is 3.13. The van der Waals surface area contributed by atoms with Crippen LogP contribution in [0, 0.1) is 0 Å². The molecule has 0 N–H and O–H groups in total. The van der Waals surface area contributed by atoms with Gasteiger partial charge in [-0.3, -0.25) is 4.79 Å². The fourth-order valence-corrected chi connectivity index (χ4v) is 3.51. The molecular formula is C25H21NO4. The molecule has 4 rings (SSSR count). The number of aromatic nitrogens is 1. The van der Waals surface area contributed by atoms with E-state index in [9.17, 15) is 9.59 Å². The summed E-state index contributed by atoms with van der Waals surface area (Å²) < 4.78 is 12.8. The molecule has 5 nitrogen and oxygen atoms in total. The molecule has 0 atom stereocenters. The number of ether oxygens (including phenoxy) is 2. The van der Waals surface area contributed by atoms with Crippen molar-refractivity contribution in [3.63, 3.8) is 0 Å². The first-order valence-electron chi connectivity index (χ1n) is 9.75. The first kappa shape index (κ1) is 19.5. The maximum atomic E-state index is 12.7. The van der Waals surface area contributed by atoms with Gasteiger partial charge in [0.2, 0.25) is 0 Å². The Balaban J connectivity index is 1.72. The number of aldehydes is 1. The number of carbonyl (C=O) groups is 2. The summed E-state index contributed by atoms with van der Waals surface area (Å²) in [6.07, 6.45) is 2.54. The highest BCUT2D eigenvalue weighted by atomic mass is 16.5. The van der Waals surface area contributed by atoms with Crippen molar-refractivity contribution in [2.24, 2.45) is 0 Å². The molecule has 2 aromatic carbocycles. The van der Waals surface area contributed by atoms with Crippen LogP contribution in [0.25, 0.3) is 16.6 Å². The predicted octanol–water partition coefficient (Wildman–Crippen LogP) is 5.17. The lowest BCUT2D eigenvalue weighted by Crippen LogP contribution is -2.05. The summed E-state index contributed by atoms with van der Waals surface area (Å²) >= 11 is 0. The molecule has 2 aromatic heterocycles. The van der Waals surface area contributed by atoms with E-state index < -0.39 is 5.97 Å². The van der Waals surface area contributed by atoms with Crippen LogP contribution >= 0.6 is 0 Å². The Labute approximate surface area is 174 Å². The Kier molecular flexibility index (Phi) is 5.61. The molecule has 0 radical (unpaired) electrons. The van der Waals surface area contributed by atoms with Gasteiger partial charge in [-0.25, -0.2) is 4.79 Å². The van der Waals surface area contributed by atoms with Crippen LogP contribution < -0.4 is 4.74 Å². The van der Waals surface area contributed by atoms with E-state index >= 15 is 0 Å². The largest absolute Gasteiger partial charge is 0.489 e. The second-order valence-corrected chi connectivity index (χ2v) is 6.73. The number of fused-ring (bicyclic) bond motifs is 1. The molecule has 0 unspecified atom stereocenters. The Bertz CT molecular complexity index is 1180. The Hall–Kier alpha value is -3.86. The van der Waals surface area contributed by atoms with E-state index in [4.69, 9.17) is 9.47 Å². The van der Waals surface area contributed by atoms with Crippen LogP contribution in [-0.4, -0.2) is 23.3 Å². The second kappa shape index (κ2) is 8.66. The maximum Gasteiger partial charge on any atom is 0.340 e. The molecule has 4 aromatic rings. The number of benzene rings is 2. The summed E-state index contributed by atoms with van der Waals surface area (Å²) in [5, 5.41) is 0. The average molecular weight is 399 g/mol. The zero-order valence-corrected chi connectivity index (χ0v) is 16.6. The smallest absolute Gasteiger partial charge is 0.340 e. The molecule has 0 fully saturated rings. The van der Waals surface area contributed by atoms with Gasteiger partial charge in [0.1, 0.15) is 12.4 Å². The molecule has 0 bridgehead atoms. The van der Waals surface area contributed by atoms with Crippen molar-refractivity contribution in [3.8, 4) is 16.9 Å². The number of nitrogens with zero attached hydrogens (tertiary/aromatic N) is 1. The third-order valence-corrected chi connectivity index (χ3v) is 4.86. The monoisotopic (exact) mass is 399 g/mol. The fourth-order valence-electron chi connectivity index (χ4n) is 3.51. The first-order chi connectivity index (χ1) is 14.7. The van der Waals surface area contributed by atoms with Gasteiger partial charge in [-0.2, -0.15) is 0 Å². The Morgan fingerprint density at radius 1 is 0.967 bits per heavy atom. The normalized spacial score (nSPS) is 10.7. The molecule has 0 spiro atoms. The lowest BCUT2D eigenvalue weighted by Gasteiger charge is -2.09. The Morgan fingerprint density at radius 2 is 1.70 bits per heavy atom. The number of hydrogen-bond donors (Lipinski definition) is 0. The third kappa shape index (κ3) is 3.70. The van der Waals surface area contributed by atoms with Crippen LogP contribution in [0.15, 0.2) is 79.0 Å². The summed E-state index contributed by atoms with van der Waals surface area (Å²) in [5.74, 6) is 0.255. The molecule has 2 heterocycles. The molecule has 0 aliphatic rings. The molecule has 150 valence electrons. The van der Waals surface area contributed by atoms with Crippen molar-refractivity contribution in [1.29, 1.82) is 0 Å². The lowest BCUT2D eigenvalue weighted by molar-refractivity contribution is 0.0529. The van der Waals surface area contributed by atoms with Gasteiger partial charge < -0.3 is 13.9 Å². The molecule has 30 heavy (non-hydrogen) atoms. The fraction of sp³-hybridized carbons (Fsp3) is 0.120. The highest BCUT2D eigenvalue weighted by Crippen LogP contribution is 2.34. The van der Waals surface area contributed by atoms with Crippen LogP contribution in [0.1, 0.15) is 33.3 Å². The third-order valence-electron chi connectivity index (χ3n) is 4.86. The van der Waals surface area contributed by atoms with E-state index in [0.717, 1.165) is 17.4 Å². The maximum absolute atomic E-state index is 12.7. The van der Waals surface area contributed by atoms with Crippen molar-refractivity contribution < 1.29 is 19.1 Å². The summed E-state index contributed by atoms with van der Waals surface area (Å²) in [4.78, 5) is 24.7. The summed E-state index contributed by atoms with van der Waals surface area (Å²) in [7, 11) is 0. The number of rotatable bonds is 7. The van der Waals surface area contributed by atoms with Gasteiger partial charge in [-0.1, -0.05) is 48.5 Å². The molecule has 0 aliphatic carbocycles. The van der Waals surface area contributed by atoms with E-state index in [2.05, 4.69) is 0 Å². The van der Waals surface area contributed by atoms with E-state index in [0.29, 0.717) is 34.7 Å². The van der Waals surface area contributed by atoms with Gasteiger partial charge in [0, 0.05) is 11.8 Å². The van der Waals surface area contributed by atoms with Gasteiger partial charge in [0.25, 0.3) is 0 Å². The Morgan fingerprint density at radius 3 is 2.40 bits per heavy atom. The second-order valence-electron chi connectivity index (χ2n) is 6.73. The van der Waals surface area contributed by atoms with E-state index in [-0.39, 0.29) is 6.61 Å². The molecule has 0 amide bonds. The van der Waals surface area contributed by atoms with Crippen molar-refractivity contribution in [1.82, 2.24) is 4.40 Å². The van der Waals surface area contributed by atoms with Crippen LogP contribution in [0.4, 0.5) is 0 Å². The van der Waals surface area contributed by atoms with E-state index in [1.165, 1.54) is 0 Å². The molecule has 0 saturated carbocycles. The molecular weight excluding hydrogens is 378 g/mol. The van der Waals surface area contributed by atoms with Gasteiger partial charge in [0.05, 0.1) is 23.4 Å². The zero-order valence-electron chi connectivity index (χ0n) is 16.6. The van der Waals surface area contributed by atoms with E-state index in [1.54, 1.807) is 23.6 Å². The highest BCUT2D eigenvalue weighted by molar-refractivity contribution is 6.09. The van der Waals surface area contributed by atoms with Gasteiger partial charge >= 0.3 is 5.97 Å². The van der Waals surface area contributed by atoms with E-state index in [1.807, 2.05) is 66.7 Å². The molecule has 5 heteroatoms. The number of pyridine rings is 1. The van der Waals surface area contributed by atoms with Crippen LogP contribution in [-0.2, 0) is 11.3 Å². The molecule has 0 saturated heterocycles. The van der Waals surface area contributed by atoms with Crippen LogP contribution in [0.3, 0.4) is 0 Å². The van der Waals surface area contributed by atoms with Crippen LogP contribution in [0.2, 0.25) is 0 Å². The minimum absolute atomic E-state index is 0.255. The molecule has 0 aliphatic heterocycles. The summed E-state index contributed by atoms with van der Waals surface area (Å²) in [5.41, 5.74) is 3.81. The minimum Gasteiger partial charge on any atom is -0.489 e. The van der Waals surface area contributed by atoms with Crippen molar-refractivity contribution >= 4 is 17.8 Å². The van der Waals surface area contributed by atoms with Crippen molar-refractivity contribution in [2.75, 3.05) is 6.61 Å². The van der Waals surface area contributed by atoms with Gasteiger partial charge in [0.15, 0.2) is 6.29 Å². The zero-order chi connectivity index (χ0) is 20.9. The topological polar surface area (TPSA) is 57.0 Å². The quantitative estimate of drug-likeness (QED) is 0.318. The van der Waals surface area contributed by atoms with Crippen LogP contribution in [0.5, 0.6) is 5.75 Å². The van der Waals surface area contributed by atoms with Crippen molar-refractivity contribution in [3.05, 3.63) is 95.8 Å². The van der Waals surface area contributed by atoms with Gasteiger partial charge in [-0.15, -0.1) is 0 Å². The standard InChI is InChI=1S/C25H21NO4/c1-2-29-25(28)24-21-10-6-7-15-26(21)22(16-27)23(24)19-11-13-20(14-12-19)30-17-18-8-4-3-5-9-18/h3-16H,2,17H2,1H3. The minimum atomic E-state index is -0.450. The van der Waals surface area contributed by atoms with Crippen molar-refractivity contribution in [2.45, 2.75) is 13.5 Å².